The second kappa shape index (κ2) is 11.3. The van der Waals surface area contributed by atoms with Gasteiger partial charge in [-0.05, 0) is 41.3 Å². The minimum absolute atomic E-state index is 0.121. The average Bonchev–Trinajstić information content (AvgIpc) is 2.73. The van der Waals surface area contributed by atoms with Crippen LogP contribution in [0.4, 0.5) is 0 Å². The topological polar surface area (TPSA) is 52.6 Å². The van der Waals surface area contributed by atoms with E-state index in [4.69, 9.17) is 21.1 Å². The number of rotatable bonds is 10. The highest BCUT2D eigenvalue weighted by molar-refractivity contribution is 8.00. The maximum absolute atomic E-state index is 12.6. The molecular weight excluding hydrogens is 408 g/mol. The van der Waals surface area contributed by atoms with Gasteiger partial charge in [0.15, 0.2) is 11.0 Å². The highest BCUT2D eigenvalue weighted by atomic mass is 35.5. The summed E-state index contributed by atoms with van der Waals surface area (Å²) < 4.78 is 10.5. The van der Waals surface area contributed by atoms with Gasteiger partial charge in [0, 0.05) is 17.6 Å². The summed E-state index contributed by atoms with van der Waals surface area (Å²) in [7, 11) is 1.62. The number of methoxy groups -OCH3 is 1. The van der Waals surface area contributed by atoms with Crippen LogP contribution < -0.4 is 4.74 Å². The third-order valence-electron chi connectivity index (χ3n) is 4.50. The van der Waals surface area contributed by atoms with Crippen molar-refractivity contribution in [2.24, 2.45) is 5.92 Å². The molecule has 0 N–H and O–H groups in total. The third-order valence-corrected chi connectivity index (χ3v) is 6.03. The lowest BCUT2D eigenvalue weighted by molar-refractivity contribution is -0.145. The minimum atomic E-state index is -0.840. The molecule has 1 atom stereocenters. The largest absolute Gasteiger partial charge is 0.497 e. The molecule has 2 aromatic rings. The molecule has 0 fully saturated rings. The van der Waals surface area contributed by atoms with Crippen molar-refractivity contribution in [3.8, 4) is 16.9 Å². The molecule has 0 saturated carbocycles. The zero-order valence-electron chi connectivity index (χ0n) is 17.2. The molecule has 1 unspecified atom stereocenters. The molecule has 0 saturated heterocycles. The lowest BCUT2D eigenvalue weighted by Gasteiger charge is -2.18. The second-order valence-electron chi connectivity index (χ2n) is 6.81. The maximum Gasteiger partial charge on any atom is 0.326 e. The van der Waals surface area contributed by atoms with Gasteiger partial charge in [0.05, 0.1) is 13.7 Å². The van der Waals surface area contributed by atoms with Crippen molar-refractivity contribution >= 4 is 35.1 Å². The van der Waals surface area contributed by atoms with E-state index in [-0.39, 0.29) is 18.3 Å². The van der Waals surface area contributed by atoms with Crippen molar-refractivity contribution in [2.75, 3.05) is 13.7 Å². The van der Waals surface area contributed by atoms with E-state index in [0.29, 0.717) is 11.6 Å². The first-order chi connectivity index (χ1) is 13.9. The van der Waals surface area contributed by atoms with E-state index in [1.54, 1.807) is 27.9 Å². The Hall–Kier alpha value is -1.98. The number of alkyl halides is 1. The summed E-state index contributed by atoms with van der Waals surface area (Å²) in [5, 5.41) is -0.840. The molecule has 0 amide bonds. The van der Waals surface area contributed by atoms with Crippen molar-refractivity contribution in [1.82, 2.24) is 0 Å². The molecule has 2 aromatic carbocycles. The van der Waals surface area contributed by atoms with Gasteiger partial charge in [-0.3, -0.25) is 9.59 Å². The van der Waals surface area contributed by atoms with Gasteiger partial charge < -0.3 is 9.47 Å². The van der Waals surface area contributed by atoms with Crippen LogP contribution in [-0.4, -0.2) is 30.7 Å². The number of benzene rings is 2. The molecule has 0 spiro atoms. The summed E-state index contributed by atoms with van der Waals surface area (Å²) in [5.74, 6) is 0.759. The van der Waals surface area contributed by atoms with Gasteiger partial charge in [-0.1, -0.05) is 44.2 Å². The Morgan fingerprint density at radius 2 is 1.79 bits per heavy atom. The Kier molecular flexibility index (Phi) is 9.05. The number of esters is 1. The smallest absolute Gasteiger partial charge is 0.326 e. The van der Waals surface area contributed by atoms with E-state index in [1.807, 2.05) is 42.5 Å². The number of ketones is 1. The molecule has 0 aliphatic heterocycles. The summed E-state index contributed by atoms with van der Waals surface area (Å²) in [5.41, 5.74) is 4.00. The first kappa shape index (κ1) is 23.3. The first-order valence-electron chi connectivity index (χ1n) is 9.56. The number of carbonyl (C=O) groups is 2. The average molecular weight is 435 g/mol. The summed E-state index contributed by atoms with van der Waals surface area (Å²) in [6.45, 7) is 5.58. The molecular formula is C23H27ClO4S. The molecule has 0 aliphatic rings. The maximum atomic E-state index is 12.6. The van der Waals surface area contributed by atoms with Gasteiger partial charge in [-0.15, -0.1) is 23.4 Å². The molecule has 0 radical (unpaired) electrons. The van der Waals surface area contributed by atoms with E-state index in [2.05, 4.69) is 0 Å². The second-order valence-corrected chi connectivity index (χ2v) is 8.17. The standard InChI is InChI=1S/C23H27ClO4S/c1-5-28-23(26)22(21(25)15(2)3)29-14-17-10-11-18(27-4)12-20(17)19-9-7-6-8-16(19)13-24/h6-12,15,22H,5,13-14H2,1-4H3. The number of thioether (sulfide) groups is 1. The van der Waals surface area contributed by atoms with Gasteiger partial charge in [-0.25, -0.2) is 0 Å². The van der Waals surface area contributed by atoms with E-state index in [1.165, 1.54) is 11.8 Å². The first-order valence-corrected chi connectivity index (χ1v) is 11.1. The molecule has 2 rings (SSSR count). The summed E-state index contributed by atoms with van der Waals surface area (Å²) in [6, 6.07) is 13.7. The summed E-state index contributed by atoms with van der Waals surface area (Å²) >= 11 is 7.44. The lowest BCUT2D eigenvalue weighted by Crippen LogP contribution is -2.32. The van der Waals surface area contributed by atoms with E-state index < -0.39 is 11.2 Å². The Labute approximate surface area is 181 Å². The number of Topliss-reactive ketones (excluding diaryl/α,β-unsaturated/α-hetero) is 1. The van der Waals surface area contributed by atoms with Gasteiger partial charge in [-0.2, -0.15) is 0 Å². The van der Waals surface area contributed by atoms with Crippen LogP contribution in [0.25, 0.3) is 11.1 Å². The molecule has 29 heavy (non-hydrogen) atoms. The monoisotopic (exact) mass is 434 g/mol. The van der Waals surface area contributed by atoms with Crippen LogP contribution in [-0.2, 0) is 26.0 Å². The van der Waals surface area contributed by atoms with Crippen LogP contribution in [0.2, 0.25) is 0 Å². The molecule has 6 heteroatoms. The SMILES string of the molecule is CCOC(=O)C(SCc1ccc(OC)cc1-c1ccccc1CCl)C(=O)C(C)C. The van der Waals surface area contributed by atoms with E-state index >= 15 is 0 Å². The van der Waals surface area contributed by atoms with E-state index in [0.717, 1.165) is 28.0 Å². The number of hydrogen-bond acceptors (Lipinski definition) is 5. The molecule has 0 bridgehead atoms. The third kappa shape index (κ3) is 6.00. The predicted molar refractivity (Wildman–Crippen MR) is 120 cm³/mol. The fraction of sp³-hybridized carbons (Fsp3) is 0.391. The zero-order valence-corrected chi connectivity index (χ0v) is 18.8. The van der Waals surface area contributed by atoms with Crippen LogP contribution in [0.5, 0.6) is 5.75 Å². The number of halogens is 1. The van der Waals surface area contributed by atoms with Crippen LogP contribution in [0, 0.1) is 5.92 Å². The Balaban J connectivity index is 2.38. The van der Waals surface area contributed by atoms with Crippen molar-refractivity contribution in [1.29, 1.82) is 0 Å². The molecule has 0 heterocycles. The van der Waals surface area contributed by atoms with E-state index in [9.17, 15) is 9.59 Å². The van der Waals surface area contributed by atoms with Gasteiger partial charge in [0.2, 0.25) is 0 Å². The van der Waals surface area contributed by atoms with Crippen LogP contribution >= 0.6 is 23.4 Å². The van der Waals surface area contributed by atoms with Gasteiger partial charge in [0.1, 0.15) is 5.75 Å². The Morgan fingerprint density at radius 3 is 2.41 bits per heavy atom. The van der Waals surface area contributed by atoms with Crippen molar-refractivity contribution in [3.05, 3.63) is 53.6 Å². The highest BCUT2D eigenvalue weighted by Crippen LogP contribution is 2.34. The van der Waals surface area contributed by atoms with Crippen molar-refractivity contribution in [3.63, 3.8) is 0 Å². The van der Waals surface area contributed by atoms with Gasteiger partial charge in [0.25, 0.3) is 0 Å². The molecule has 0 aliphatic carbocycles. The Morgan fingerprint density at radius 1 is 1.07 bits per heavy atom. The van der Waals surface area contributed by atoms with Crippen LogP contribution in [0.15, 0.2) is 42.5 Å². The quantitative estimate of drug-likeness (QED) is 0.281. The number of ether oxygens (including phenoxy) is 2. The lowest BCUT2D eigenvalue weighted by atomic mass is 9.96. The molecule has 4 nitrogen and oxygen atoms in total. The normalized spacial score (nSPS) is 11.9. The molecule has 156 valence electrons. The van der Waals surface area contributed by atoms with Crippen LogP contribution in [0.3, 0.4) is 0 Å². The number of carbonyl (C=O) groups excluding carboxylic acids is 2. The summed E-state index contributed by atoms with van der Waals surface area (Å²) in [4.78, 5) is 24.9. The van der Waals surface area contributed by atoms with Crippen molar-refractivity contribution in [2.45, 2.75) is 37.7 Å². The highest BCUT2D eigenvalue weighted by Gasteiger charge is 2.30. The van der Waals surface area contributed by atoms with Crippen molar-refractivity contribution < 1.29 is 19.1 Å². The summed E-state index contributed by atoms with van der Waals surface area (Å²) in [6.07, 6.45) is 0. The molecule has 0 aromatic heterocycles. The predicted octanol–water partition coefficient (Wildman–Crippen LogP) is 5.49. The fourth-order valence-corrected chi connectivity index (χ4v) is 4.39. The Bertz CT molecular complexity index is 851. The zero-order chi connectivity index (χ0) is 21.4. The minimum Gasteiger partial charge on any atom is -0.497 e. The van der Waals surface area contributed by atoms with Gasteiger partial charge >= 0.3 is 5.97 Å². The number of hydrogen-bond donors (Lipinski definition) is 0. The fourth-order valence-electron chi connectivity index (χ4n) is 2.92. The van der Waals surface area contributed by atoms with Crippen LogP contribution in [0.1, 0.15) is 31.9 Å².